The average Bonchev–Trinajstić information content (AvgIpc) is 2.17. The maximum Gasteiger partial charge on any atom is 0.368 e. The van der Waals surface area contributed by atoms with Crippen LogP contribution in [0.2, 0.25) is 0 Å². The van der Waals surface area contributed by atoms with Gasteiger partial charge >= 0.3 is 13.6 Å². The fourth-order valence-electron chi connectivity index (χ4n) is 1.14. The molecule has 0 aliphatic carbocycles. The fraction of sp³-hybridized carbons (Fsp3) is 0.875. The van der Waals surface area contributed by atoms with Crippen LogP contribution in [0, 0.1) is 0 Å². The van der Waals surface area contributed by atoms with Crippen molar-refractivity contribution < 1.29 is 28.6 Å². The van der Waals surface area contributed by atoms with Crippen LogP contribution in [-0.2, 0) is 18.8 Å². The second kappa shape index (κ2) is 5.61. The Kier molecular flexibility index (Phi) is 5.45. The minimum absolute atomic E-state index is 0.0913. The van der Waals surface area contributed by atoms with Crippen molar-refractivity contribution in [3.63, 3.8) is 0 Å². The van der Waals surface area contributed by atoms with E-state index in [-0.39, 0.29) is 13.0 Å². The summed E-state index contributed by atoms with van der Waals surface area (Å²) in [5.74, 6) is -1.04. The third-order valence-electron chi connectivity index (χ3n) is 2.00. The summed E-state index contributed by atoms with van der Waals surface area (Å²) >= 11 is 0. The zero-order chi connectivity index (χ0) is 12.1. The molecular formula is C8H17O6P. The van der Waals surface area contributed by atoms with Crippen LogP contribution in [-0.4, -0.2) is 34.8 Å². The maximum atomic E-state index is 11.4. The van der Waals surface area contributed by atoms with Crippen LogP contribution in [0.15, 0.2) is 0 Å². The van der Waals surface area contributed by atoms with Gasteiger partial charge in [0.25, 0.3) is 5.34 Å². The van der Waals surface area contributed by atoms with E-state index in [0.29, 0.717) is 6.42 Å². The van der Waals surface area contributed by atoms with E-state index < -0.39 is 18.9 Å². The second-order valence-corrected chi connectivity index (χ2v) is 4.83. The van der Waals surface area contributed by atoms with Gasteiger partial charge in [-0.15, -0.1) is 0 Å². The predicted molar refractivity (Wildman–Crippen MR) is 53.3 cm³/mol. The standard InChI is InChI=1S/C8H17O6P/c1-4-6-14-8(5-2,7(9)13-3)15(10,11)12/h4-6H2,1-3H3,(H2,10,11,12). The van der Waals surface area contributed by atoms with E-state index >= 15 is 0 Å². The van der Waals surface area contributed by atoms with E-state index in [0.717, 1.165) is 7.11 Å². The summed E-state index contributed by atoms with van der Waals surface area (Å²) in [6, 6.07) is 0. The molecule has 0 aromatic carbocycles. The summed E-state index contributed by atoms with van der Waals surface area (Å²) in [5.41, 5.74) is 0. The number of carbonyl (C=O) groups excluding carboxylic acids is 1. The molecule has 1 unspecified atom stereocenters. The molecule has 7 heteroatoms. The second-order valence-electron chi connectivity index (χ2n) is 3.02. The van der Waals surface area contributed by atoms with Crippen molar-refractivity contribution in [1.29, 1.82) is 0 Å². The zero-order valence-corrected chi connectivity index (χ0v) is 9.99. The van der Waals surface area contributed by atoms with Crippen LogP contribution in [0.25, 0.3) is 0 Å². The number of rotatable bonds is 6. The summed E-state index contributed by atoms with van der Waals surface area (Å²) in [4.78, 5) is 29.7. The molecule has 0 aromatic heterocycles. The molecule has 0 saturated carbocycles. The number of esters is 1. The molecule has 0 fully saturated rings. The first-order valence-electron chi connectivity index (χ1n) is 4.63. The Morgan fingerprint density at radius 2 is 1.93 bits per heavy atom. The zero-order valence-electron chi connectivity index (χ0n) is 9.10. The van der Waals surface area contributed by atoms with Crippen molar-refractivity contribution >= 4 is 13.6 Å². The fourth-order valence-corrected chi connectivity index (χ4v) is 2.15. The molecule has 0 radical (unpaired) electrons. The Hall–Kier alpha value is -0.420. The van der Waals surface area contributed by atoms with Crippen molar-refractivity contribution in [3.05, 3.63) is 0 Å². The van der Waals surface area contributed by atoms with E-state index in [9.17, 15) is 9.36 Å². The van der Waals surface area contributed by atoms with Gasteiger partial charge in [-0.25, -0.2) is 4.79 Å². The van der Waals surface area contributed by atoms with Crippen molar-refractivity contribution in [2.24, 2.45) is 0 Å². The summed E-state index contributed by atoms with van der Waals surface area (Å²) in [7, 11) is -3.64. The van der Waals surface area contributed by atoms with Gasteiger partial charge in [-0.3, -0.25) is 4.57 Å². The molecular weight excluding hydrogens is 223 g/mol. The Balaban J connectivity index is 5.12. The molecule has 0 aliphatic heterocycles. The number of hydrogen-bond donors (Lipinski definition) is 2. The molecule has 0 spiro atoms. The number of ether oxygens (including phenoxy) is 2. The first-order valence-corrected chi connectivity index (χ1v) is 6.25. The van der Waals surface area contributed by atoms with Crippen LogP contribution < -0.4 is 0 Å². The highest BCUT2D eigenvalue weighted by Crippen LogP contribution is 2.53. The maximum absolute atomic E-state index is 11.4. The lowest BCUT2D eigenvalue weighted by Crippen LogP contribution is -2.42. The highest BCUT2D eigenvalue weighted by atomic mass is 31.2. The van der Waals surface area contributed by atoms with Crippen molar-refractivity contribution in [2.45, 2.75) is 32.0 Å². The monoisotopic (exact) mass is 240 g/mol. The van der Waals surface area contributed by atoms with Gasteiger partial charge in [0.05, 0.1) is 7.11 Å². The highest BCUT2D eigenvalue weighted by molar-refractivity contribution is 7.54. The normalized spacial score (nSPS) is 15.8. The lowest BCUT2D eigenvalue weighted by atomic mass is 10.2. The SMILES string of the molecule is CCCOC(CC)(C(=O)OC)P(=O)(O)O. The molecule has 0 aliphatic rings. The van der Waals surface area contributed by atoms with Gasteiger partial charge in [-0.1, -0.05) is 13.8 Å². The van der Waals surface area contributed by atoms with Gasteiger partial charge in [-0.2, -0.15) is 0 Å². The first-order chi connectivity index (χ1) is 6.85. The van der Waals surface area contributed by atoms with Gasteiger partial charge in [0, 0.05) is 6.61 Å². The summed E-state index contributed by atoms with van der Waals surface area (Å²) < 4.78 is 20.6. The largest absolute Gasteiger partial charge is 0.466 e. The topological polar surface area (TPSA) is 93.1 Å². The molecule has 6 nitrogen and oxygen atoms in total. The molecule has 0 aromatic rings. The number of carbonyl (C=O) groups is 1. The Morgan fingerprint density at radius 3 is 2.20 bits per heavy atom. The quantitative estimate of drug-likeness (QED) is 0.528. The predicted octanol–water partition coefficient (Wildman–Crippen LogP) is 0.870. The summed E-state index contributed by atoms with van der Waals surface area (Å²) in [6.45, 7) is 3.33. The van der Waals surface area contributed by atoms with Crippen LogP contribution in [0.4, 0.5) is 0 Å². The molecule has 0 saturated heterocycles. The number of methoxy groups -OCH3 is 1. The minimum atomic E-state index is -4.71. The minimum Gasteiger partial charge on any atom is -0.466 e. The van der Waals surface area contributed by atoms with Gasteiger partial charge in [0.1, 0.15) is 0 Å². The number of hydrogen-bond acceptors (Lipinski definition) is 4. The third-order valence-corrected chi connectivity index (χ3v) is 3.57. The third kappa shape index (κ3) is 3.01. The van der Waals surface area contributed by atoms with E-state index in [1.54, 1.807) is 6.92 Å². The Morgan fingerprint density at radius 1 is 1.40 bits per heavy atom. The molecule has 90 valence electrons. The van der Waals surface area contributed by atoms with Crippen molar-refractivity contribution in [3.8, 4) is 0 Å². The molecule has 0 amide bonds. The van der Waals surface area contributed by atoms with E-state index in [4.69, 9.17) is 14.5 Å². The van der Waals surface area contributed by atoms with Gasteiger partial charge in [0.2, 0.25) is 0 Å². The smallest absolute Gasteiger partial charge is 0.368 e. The summed E-state index contributed by atoms with van der Waals surface area (Å²) in [6.07, 6.45) is 0.419. The molecule has 15 heavy (non-hydrogen) atoms. The first kappa shape index (κ1) is 14.6. The highest BCUT2D eigenvalue weighted by Gasteiger charge is 2.54. The van der Waals surface area contributed by atoms with Crippen LogP contribution in [0.1, 0.15) is 26.7 Å². The molecule has 2 N–H and O–H groups in total. The lowest BCUT2D eigenvalue weighted by molar-refractivity contribution is -0.161. The molecule has 1 atom stereocenters. The van der Waals surface area contributed by atoms with Crippen LogP contribution in [0.3, 0.4) is 0 Å². The van der Waals surface area contributed by atoms with E-state index in [2.05, 4.69) is 4.74 Å². The van der Waals surface area contributed by atoms with Gasteiger partial charge in [-0.05, 0) is 12.8 Å². The van der Waals surface area contributed by atoms with Crippen molar-refractivity contribution in [1.82, 2.24) is 0 Å². The van der Waals surface area contributed by atoms with Crippen molar-refractivity contribution in [2.75, 3.05) is 13.7 Å². The molecule has 0 heterocycles. The van der Waals surface area contributed by atoms with Crippen LogP contribution >= 0.6 is 7.60 Å². The van der Waals surface area contributed by atoms with Gasteiger partial charge < -0.3 is 19.3 Å². The lowest BCUT2D eigenvalue weighted by Gasteiger charge is -2.30. The Labute approximate surface area is 88.7 Å². The Bertz CT molecular complexity index is 260. The average molecular weight is 240 g/mol. The van der Waals surface area contributed by atoms with Crippen LogP contribution in [0.5, 0.6) is 0 Å². The summed E-state index contributed by atoms with van der Waals surface area (Å²) in [5, 5.41) is -2.15. The molecule has 0 rings (SSSR count). The van der Waals surface area contributed by atoms with E-state index in [1.807, 2.05) is 0 Å². The van der Waals surface area contributed by atoms with E-state index in [1.165, 1.54) is 6.92 Å². The molecule has 0 bridgehead atoms. The van der Waals surface area contributed by atoms with Gasteiger partial charge in [0.15, 0.2) is 0 Å².